The summed E-state index contributed by atoms with van der Waals surface area (Å²) in [5.41, 5.74) is 3.49. The second-order valence-corrected chi connectivity index (χ2v) is 8.52. The van der Waals surface area contributed by atoms with Gasteiger partial charge in [-0.15, -0.1) is 0 Å². The third-order valence-corrected chi connectivity index (χ3v) is 6.75. The third kappa shape index (κ3) is 2.30. The second kappa shape index (κ2) is 5.61. The van der Waals surface area contributed by atoms with Gasteiger partial charge < -0.3 is 19.1 Å². The lowest BCUT2D eigenvalue weighted by molar-refractivity contribution is 0.173. The summed E-state index contributed by atoms with van der Waals surface area (Å²) in [6, 6.07) is 12.8. The van der Waals surface area contributed by atoms with Crippen LogP contribution in [0, 0.1) is 5.92 Å². The number of benzene rings is 2. The predicted molar refractivity (Wildman–Crippen MR) is 107 cm³/mol. The number of thiocarbonyl (C=S) groups is 1. The van der Waals surface area contributed by atoms with E-state index in [1.54, 1.807) is 0 Å². The summed E-state index contributed by atoms with van der Waals surface area (Å²) in [5, 5.41) is 0. The minimum absolute atomic E-state index is 0.236. The topological polar surface area (TPSA) is 30.9 Å². The summed E-state index contributed by atoms with van der Waals surface area (Å²) in [6.07, 6.45) is 4.78. The summed E-state index contributed by atoms with van der Waals surface area (Å²) in [4.78, 5) is 3.38. The first-order valence-corrected chi connectivity index (χ1v) is 10.1. The van der Waals surface area contributed by atoms with Crippen LogP contribution in [0.3, 0.4) is 0 Å². The summed E-state index contributed by atoms with van der Waals surface area (Å²) in [7, 11) is 0. The van der Waals surface area contributed by atoms with Crippen molar-refractivity contribution in [2.45, 2.75) is 31.1 Å². The van der Waals surface area contributed by atoms with Crippen LogP contribution in [0.15, 0.2) is 36.4 Å². The van der Waals surface area contributed by atoms with E-state index in [4.69, 9.17) is 26.4 Å². The molecule has 0 saturated heterocycles. The molecular weight excluding hydrogens is 358 g/mol. The number of ether oxygens (including phenoxy) is 3. The van der Waals surface area contributed by atoms with Gasteiger partial charge >= 0.3 is 0 Å². The van der Waals surface area contributed by atoms with Gasteiger partial charge in [0.1, 0.15) is 12.4 Å². The van der Waals surface area contributed by atoms with Crippen LogP contribution in [0.1, 0.15) is 36.8 Å². The van der Waals surface area contributed by atoms with E-state index in [0.717, 1.165) is 41.1 Å². The Bertz CT molecular complexity index is 955. The molecule has 2 aromatic rings. The van der Waals surface area contributed by atoms with Gasteiger partial charge in [-0.05, 0) is 30.0 Å². The zero-order valence-electron chi connectivity index (χ0n) is 15.1. The van der Waals surface area contributed by atoms with Crippen molar-refractivity contribution in [3.05, 3.63) is 47.5 Å². The normalized spacial score (nSPS) is 24.7. The summed E-state index contributed by atoms with van der Waals surface area (Å²) in [5.74, 6) is 3.36. The van der Waals surface area contributed by atoms with Crippen LogP contribution in [0.5, 0.6) is 17.2 Å². The Labute approximate surface area is 164 Å². The Morgan fingerprint density at radius 2 is 1.81 bits per heavy atom. The third-order valence-electron chi connectivity index (χ3n) is 6.39. The molecule has 4 aliphatic rings. The highest BCUT2D eigenvalue weighted by Crippen LogP contribution is 2.54. The molecule has 1 unspecified atom stereocenters. The Kier molecular flexibility index (Phi) is 3.28. The van der Waals surface area contributed by atoms with Crippen LogP contribution >= 0.6 is 12.2 Å². The van der Waals surface area contributed by atoms with Crippen LogP contribution in [0.2, 0.25) is 0 Å². The number of hydrogen-bond acceptors (Lipinski definition) is 4. The molecule has 1 spiro atoms. The first-order valence-electron chi connectivity index (χ1n) is 9.71. The first kappa shape index (κ1) is 15.8. The van der Waals surface area contributed by atoms with Gasteiger partial charge in [0.15, 0.2) is 11.5 Å². The van der Waals surface area contributed by atoms with E-state index in [9.17, 15) is 0 Å². The summed E-state index contributed by atoms with van der Waals surface area (Å²) < 4.78 is 17.3. The average molecular weight is 379 g/mol. The second-order valence-electron chi connectivity index (χ2n) is 8.04. The lowest BCUT2D eigenvalue weighted by Gasteiger charge is -2.42. The van der Waals surface area contributed by atoms with Gasteiger partial charge in [-0.25, -0.2) is 0 Å². The maximum absolute atomic E-state index is 6.15. The molecule has 4 nitrogen and oxygen atoms in total. The number of rotatable bonds is 3. The van der Waals surface area contributed by atoms with Crippen LogP contribution in [-0.4, -0.2) is 24.9 Å². The molecule has 2 aromatic carbocycles. The molecule has 0 aromatic heterocycles. The molecule has 6 rings (SSSR count). The Balaban J connectivity index is 1.47. The summed E-state index contributed by atoms with van der Waals surface area (Å²) in [6.45, 7) is 1.90. The van der Waals surface area contributed by atoms with E-state index >= 15 is 0 Å². The molecule has 27 heavy (non-hydrogen) atoms. The quantitative estimate of drug-likeness (QED) is 0.737. The first-order chi connectivity index (χ1) is 13.2. The van der Waals surface area contributed by atoms with E-state index in [1.165, 1.54) is 36.1 Å². The fraction of sp³-hybridized carbons (Fsp3) is 0.409. The molecule has 138 valence electrons. The number of nitrogens with zero attached hydrogens (tertiary/aromatic N) is 1. The average Bonchev–Trinajstić information content (AvgIpc) is 3.29. The Hall–Kier alpha value is -2.27. The molecule has 1 saturated carbocycles. The van der Waals surface area contributed by atoms with Crippen molar-refractivity contribution in [2.75, 3.05) is 24.8 Å². The standard InChI is InChI=1S/C22H21NO3S/c27-21-11-22(12-24-18-10-20-19(9-16(18)22)25-13-26-20)15-3-1-2-4-17(15)23(21)8-7-14-5-6-14/h1-4,9-10,14H,5-8,11-13H2. The van der Waals surface area contributed by atoms with E-state index in [2.05, 4.69) is 35.2 Å². The highest BCUT2D eigenvalue weighted by atomic mass is 32.1. The molecule has 5 heteroatoms. The molecule has 0 N–H and O–H groups in total. The minimum atomic E-state index is -0.236. The lowest BCUT2D eigenvalue weighted by atomic mass is 9.70. The van der Waals surface area contributed by atoms with Gasteiger partial charge in [-0.2, -0.15) is 0 Å². The van der Waals surface area contributed by atoms with Gasteiger partial charge in [0, 0.05) is 30.3 Å². The van der Waals surface area contributed by atoms with Crippen molar-refractivity contribution in [2.24, 2.45) is 5.92 Å². The zero-order chi connectivity index (χ0) is 18.0. The van der Waals surface area contributed by atoms with Crippen LogP contribution < -0.4 is 19.1 Å². The van der Waals surface area contributed by atoms with Crippen LogP contribution in [0.25, 0.3) is 0 Å². The fourth-order valence-electron chi connectivity index (χ4n) is 4.72. The van der Waals surface area contributed by atoms with Gasteiger partial charge in [0.05, 0.1) is 10.4 Å². The summed E-state index contributed by atoms with van der Waals surface area (Å²) >= 11 is 5.93. The maximum Gasteiger partial charge on any atom is 0.231 e. The van der Waals surface area contributed by atoms with E-state index in [-0.39, 0.29) is 12.2 Å². The number of para-hydroxylation sites is 1. The molecule has 1 atom stereocenters. The van der Waals surface area contributed by atoms with Gasteiger partial charge in [0.2, 0.25) is 6.79 Å². The molecule has 1 fully saturated rings. The fourth-order valence-corrected chi connectivity index (χ4v) is 5.16. The van der Waals surface area contributed by atoms with Crippen LogP contribution in [-0.2, 0) is 5.41 Å². The van der Waals surface area contributed by atoms with Gasteiger partial charge in [0.25, 0.3) is 0 Å². The Morgan fingerprint density at radius 3 is 2.67 bits per heavy atom. The highest BCUT2D eigenvalue weighted by molar-refractivity contribution is 7.80. The van der Waals surface area contributed by atoms with Gasteiger partial charge in [-0.1, -0.05) is 43.3 Å². The molecule has 0 bridgehead atoms. The van der Waals surface area contributed by atoms with Gasteiger partial charge in [-0.3, -0.25) is 0 Å². The van der Waals surface area contributed by atoms with Crippen molar-refractivity contribution >= 4 is 22.9 Å². The molecule has 3 heterocycles. The number of fused-ring (bicyclic) bond motifs is 5. The van der Waals surface area contributed by atoms with Crippen LogP contribution in [0.4, 0.5) is 5.69 Å². The monoisotopic (exact) mass is 379 g/mol. The van der Waals surface area contributed by atoms with E-state index in [0.29, 0.717) is 6.61 Å². The number of anilines is 1. The lowest BCUT2D eigenvalue weighted by Crippen LogP contribution is -2.45. The van der Waals surface area contributed by atoms with Crippen molar-refractivity contribution < 1.29 is 14.2 Å². The molecule has 0 radical (unpaired) electrons. The predicted octanol–water partition coefficient (Wildman–Crippen LogP) is 4.43. The van der Waals surface area contributed by atoms with E-state index < -0.39 is 0 Å². The molecule has 1 aliphatic carbocycles. The molecule has 0 amide bonds. The Morgan fingerprint density at radius 1 is 1.00 bits per heavy atom. The number of hydrogen-bond donors (Lipinski definition) is 0. The molecule has 3 aliphatic heterocycles. The SMILES string of the molecule is S=C1CC2(COc3cc4c(cc32)OCO4)c2ccccc2N1CCC1CC1. The zero-order valence-corrected chi connectivity index (χ0v) is 15.9. The van der Waals surface area contributed by atoms with Crippen molar-refractivity contribution in [3.63, 3.8) is 0 Å². The largest absolute Gasteiger partial charge is 0.492 e. The van der Waals surface area contributed by atoms with Crippen molar-refractivity contribution in [1.82, 2.24) is 0 Å². The minimum Gasteiger partial charge on any atom is -0.492 e. The molecular formula is C22H21NO3S. The van der Waals surface area contributed by atoms with Crippen molar-refractivity contribution in [1.29, 1.82) is 0 Å². The van der Waals surface area contributed by atoms with E-state index in [1.807, 2.05) is 6.07 Å². The maximum atomic E-state index is 6.15. The highest BCUT2D eigenvalue weighted by Gasteiger charge is 2.49. The van der Waals surface area contributed by atoms with Crippen molar-refractivity contribution in [3.8, 4) is 17.2 Å². The smallest absolute Gasteiger partial charge is 0.231 e.